The number of nitrogens with zero attached hydrogens (tertiary/aromatic N) is 1. The maximum absolute atomic E-state index is 13.6. The van der Waals surface area contributed by atoms with E-state index in [9.17, 15) is 28.1 Å². The summed E-state index contributed by atoms with van der Waals surface area (Å²) < 4.78 is 32.2. The number of benzene rings is 2. The highest BCUT2D eigenvalue weighted by Crippen LogP contribution is 2.35. The number of sulfone groups is 1. The van der Waals surface area contributed by atoms with E-state index in [1.54, 1.807) is 12.1 Å². The van der Waals surface area contributed by atoms with Gasteiger partial charge in [0.1, 0.15) is 12.0 Å². The lowest BCUT2D eigenvalue weighted by Crippen LogP contribution is -2.33. The van der Waals surface area contributed by atoms with Crippen LogP contribution in [0.15, 0.2) is 47.4 Å². The molecule has 2 rings (SSSR count). The fraction of sp³-hybridized carbons (Fsp3) is 0.440. The van der Waals surface area contributed by atoms with Crippen molar-refractivity contribution in [3.8, 4) is 5.75 Å². The van der Waals surface area contributed by atoms with Crippen LogP contribution in [0.3, 0.4) is 0 Å². The molecule has 0 radical (unpaired) electrons. The lowest BCUT2D eigenvalue weighted by atomic mass is 9.81. The SMILES string of the molecule is CCCCC(C=O)(CCCC)CS(=O)(=O)c1ccc([N+](=O)[O-])cc1C(=O)c1ccc(OC)cc1. The molecule has 0 unspecified atom stereocenters. The summed E-state index contributed by atoms with van der Waals surface area (Å²) in [4.78, 5) is 35.8. The van der Waals surface area contributed by atoms with Gasteiger partial charge < -0.3 is 9.53 Å². The summed E-state index contributed by atoms with van der Waals surface area (Å²) in [6.45, 7) is 3.93. The average Bonchev–Trinajstić information content (AvgIpc) is 2.84. The quantitative estimate of drug-likeness (QED) is 0.155. The van der Waals surface area contributed by atoms with E-state index in [1.165, 1.54) is 19.2 Å². The van der Waals surface area contributed by atoms with Crippen molar-refractivity contribution in [3.63, 3.8) is 0 Å². The Hall–Kier alpha value is -3.07. The van der Waals surface area contributed by atoms with Gasteiger partial charge in [-0.05, 0) is 43.2 Å². The lowest BCUT2D eigenvalue weighted by Gasteiger charge is -2.28. The van der Waals surface area contributed by atoms with Crippen LogP contribution in [-0.2, 0) is 14.6 Å². The van der Waals surface area contributed by atoms with Crippen molar-refractivity contribution in [1.29, 1.82) is 0 Å². The highest BCUT2D eigenvalue weighted by molar-refractivity contribution is 7.91. The maximum Gasteiger partial charge on any atom is 0.270 e. The molecule has 0 aliphatic carbocycles. The summed E-state index contributed by atoms with van der Waals surface area (Å²) in [6.07, 6.45) is 4.56. The predicted molar refractivity (Wildman–Crippen MR) is 129 cm³/mol. The summed E-state index contributed by atoms with van der Waals surface area (Å²) in [5.74, 6) is -0.612. The van der Waals surface area contributed by atoms with E-state index in [-0.39, 0.29) is 16.0 Å². The topological polar surface area (TPSA) is 121 Å². The highest BCUT2D eigenvalue weighted by atomic mass is 32.2. The number of carbonyl (C=O) groups excluding carboxylic acids is 2. The molecule has 0 spiro atoms. The fourth-order valence-corrected chi connectivity index (χ4v) is 5.94. The molecule has 0 aliphatic rings. The number of hydrogen-bond donors (Lipinski definition) is 0. The first-order valence-electron chi connectivity index (χ1n) is 11.3. The molecule has 184 valence electrons. The number of non-ortho nitro benzene ring substituents is 1. The zero-order valence-corrected chi connectivity index (χ0v) is 20.6. The molecule has 0 saturated heterocycles. The van der Waals surface area contributed by atoms with Crippen LogP contribution in [0.5, 0.6) is 5.75 Å². The number of nitro groups is 1. The maximum atomic E-state index is 13.6. The van der Waals surface area contributed by atoms with Crippen LogP contribution >= 0.6 is 0 Å². The smallest absolute Gasteiger partial charge is 0.270 e. The van der Waals surface area contributed by atoms with E-state index in [2.05, 4.69) is 0 Å². The molecule has 0 aliphatic heterocycles. The average molecular weight is 490 g/mol. The minimum absolute atomic E-state index is 0.163. The van der Waals surface area contributed by atoms with Gasteiger partial charge in [-0.25, -0.2) is 8.42 Å². The number of aldehydes is 1. The second-order valence-electron chi connectivity index (χ2n) is 8.44. The Morgan fingerprint density at radius 2 is 1.65 bits per heavy atom. The van der Waals surface area contributed by atoms with Gasteiger partial charge in [-0.15, -0.1) is 0 Å². The Kier molecular flexibility index (Phi) is 9.49. The van der Waals surface area contributed by atoms with E-state index in [0.29, 0.717) is 31.4 Å². The third kappa shape index (κ3) is 6.50. The van der Waals surface area contributed by atoms with Crippen molar-refractivity contribution in [2.75, 3.05) is 12.9 Å². The minimum atomic E-state index is -4.13. The number of carbonyl (C=O) groups is 2. The predicted octanol–water partition coefficient (Wildman–Crippen LogP) is 5.17. The van der Waals surface area contributed by atoms with Gasteiger partial charge in [0.15, 0.2) is 15.6 Å². The Morgan fingerprint density at radius 1 is 1.06 bits per heavy atom. The molecule has 9 heteroatoms. The van der Waals surface area contributed by atoms with Crippen molar-refractivity contribution < 1.29 is 27.7 Å². The molecule has 8 nitrogen and oxygen atoms in total. The summed E-state index contributed by atoms with van der Waals surface area (Å²) >= 11 is 0. The fourth-order valence-electron chi connectivity index (χ4n) is 3.91. The van der Waals surface area contributed by atoms with Gasteiger partial charge in [-0.1, -0.05) is 39.5 Å². The van der Waals surface area contributed by atoms with Crippen LogP contribution in [-0.4, -0.2) is 38.3 Å². The Bertz CT molecular complexity index is 1120. The third-order valence-corrected chi connectivity index (χ3v) is 7.87. The summed E-state index contributed by atoms with van der Waals surface area (Å²) in [5, 5.41) is 11.4. The Labute approximate surface area is 200 Å². The van der Waals surface area contributed by atoms with Gasteiger partial charge >= 0.3 is 0 Å². The van der Waals surface area contributed by atoms with Gasteiger partial charge in [0.25, 0.3) is 5.69 Å². The van der Waals surface area contributed by atoms with Crippen LogP contribution in [0, 0.1) is 15.5 Å². The van der Waals surface area contributed by atoms with Gasteiger partial charge in [0, 0.05) is 28.7 Å². The normalized spacial score (nSPS) is 11.7. The highest BCUT2D eigenvalue weighted by Gasteiger charge is 2.37. The van der Waals surface area contributed by atoms with Crippen molar-refractivity contribution in [1.82, 2.24) is 0 Å². The number of rotatable bonds is 14. The largest absolute Gasteiger partial charge is 0.497 e. The van der Waals surface area contributed by atoms with E-state index >= 15 is 0 Å². The van der Waals surface area contributed by atoms with Crippen molar-refractivity contribution >= 4 is 27.6 Å². The second-order valence-corrected chi connectivity index (χ2v) is 10.4. The van der Waals surface area contributed by atoms with Crippen molar-refractivity contribution in [3.05, 3.63) is 63.7 Å². The summed E-state index contributed by atoms with van der Waals surface area (Å²) in [5.41, 5.74) is -1.59. The molecule has 2 aromatic rings. The number of nitro benzene ring substituents is 1. The van der Waals surface area contributed by atoms with E-state index in [1.807, 2.05) is 13.8 Å². The molecule has 0 N–H and O–H groups in total. The number of hydrogen-bond acceptors (Lipinski definition) is 7. The van der Waals surface area contributed by atoms with Crippen LogP contribution in [0.1, 0.15) is 68.3 Å². The van der Waals surface area contributed by atoms with Gasteiger partial charge in [0.2, 0.25) is 0 Å². The third-order valence-electron chi connectivity index (χ3n) is 5.89. The summed E-state index contributed by atoms with van der Waals surface area (Å²) in [7, 11) is -2.66. The van der Waals surface area contributed by atoms with Gasteiger partial charge in [-0.2, -0.15) is 0 Å². The second kappa shape index (κ2) is 11.9. The lowest BCUT2D eigenvalue weighted by molar-refractivity contribution is -0.384. The molecular weight excluding hydrogens is 458 g/mol. The Balaban J connectivity index is 2.59. The van der Waals surface area contributed by atoms with E-state index < -0.39 is 37.4 Å². The number of methoxy groups -OCH3 is 1. The van der Waals surface area contributed by atoms with Crippen molar-refractivity contribution in [2.45, 2.75) is 57.3 Å². The molecule has 0 atom stereocenters. The van der Waals surface area contributed by atoms with Gasteiger partial charge in [0.05, 0.1) is 22.7 Å². The van der Waals surface area contributed by atoms with Crippen LogP contribution in [0.2, 0.25) is 0 Å². The first-order valence-corrected chi connectivity index (χ1v) is 12.9. The van der Waals surface area contributed by atoms with Crippen LogP contribution in [0.25, 0.3) is 0 Å². The monoisotopic (exact) mass is 489 g/mol. The molecule has 0 bridgehead atoms. The molecule has 0 heterocycles. The molecule has 0 fully saturated rings. The molecule has 2 aromatic carbocycles. The van der Waals surface area contributed by atoms with E-state index in [4.69, 9.17) is 4.74 Å². The zero-order chi connectivity index (χ0) is 25.4. The molecule has 0 saturated carbocycles. The van der Waals surface area contributed by atoms with Gasteiger partial charge in [-0.3, -0.25) is 14.9 Å². The first-order chi connectivity index (χ1) is 16.1. The molecular formula is C25H31NO7S. The number of unbranched alkanes of at least 4 members (excludes halogenated alkanes) is 2. The number of ketones is 1. The molecule has 0 aromatic heterocycles. The molecule has 0 amide bonds. The van der Waals surface area contributed by atoms with E-state index in [0.717, 1.165) is 37.3 Å². The number of ether oxygens (including phenoxy) is 1. The summed E-state index contributed by atoms with van der Waals surface area (Å²) in [6, 6.07) is 9.18. The standard InChI is InChI=1S/C25H31NO7S/c1-4-6-14-25(17-27,15-7-5-2)18-34(31,32)23-13-10-20(26(29)30)16-22(23)24(28)19-8-11-21(33-3)12-9-19/h8-13,16-17H,4-7,14-15,18H2,1-3H3. The molecule has 34 heavy (non-hydrogen) atoms. The van der Waals surface area contributed by atoms with Crippen LogP contribution in [0.4, 0.5) is 5.69 Å². The minimum Gasteiger partial charge on any atom is -0.497 e. The van der Waals surface area contributed by atoms with Crippen molar-refractivity contribution in [2.24, 2.45) is 5.41 Å². The zero-order valence-electron chi connectivity index (χ0n) is 19.8. The first kappa shape index (κ1) is 27.2. The van der Waals surface area contributed by atoms with Crippen LogP contribution < -0.4 is 4.74 Å². The Morgan fingerprint density at radius 3 is 2.12 bits per heavy atom.